The van der Waals surface area contributed by atoms with Crippen molar-refractivity contribution in [2.75, 3.05) is 0 Å². The highest BCUT2D eigenvalue weighted by molar-refractivity contribution is 5.61. The molecule has 0 saturated carbocycles. The van der Waals surface area contributed by atoms with Gasteiger partial charge in [0.25, 0.3) is 0 Å². The fourth-order valence-corrected chi connectivity index (χ4v) is 0. The summed E-state index contributed by atoms with van der Waals surface area (Å²) in [5.74, 6) is 0. The second-order valence-corrected chi connectivity index (χ2v) is 2.16. The van der Waals surface area contributed by atoms with E-state index in [0.717, 1.165) is 0 Å². The van der Waals surface area contributed by atoms with Crippen LogP contribution in [0.2, 0.25) is 0 Å². The number of hydrogen-bond donors (Lipinski definition) is 4. The van der Waals surface area contributed by atoms with E-state index in [2.05, 4.69) is 5.73 Å². The van der Waals surface area contributed by atoms with E-state index in [4.69, 9.17) is 21.4 Å². The van der Waals surface area contributed by atoms with Gasteiger partial charge in [0.05, 0.1) is 5.66 Å². The number of amides is 1. The summed E-state index contributed by atoms with van der Waals surface area (Å²) in [6.45, 7) is 3.49. The molecule has 5 heteroatoms. The monoisotopic (exact) mass is 135 g/mol. The van der Waals surface area contributed by atoms with Crippen molar-refractivity contribution in [2.45, 2.75) is 19.5 Å². The first-order chi connectivity index (χ1) is 3.73. The van der Waals surface area contributed by atoms with Crippen LogP contribution < -0.4 is 17.2 Å². The molecule has 0 fully saturated rings. The fraction of sp³-hybridized carbons (Fsp3) is 0.750. The van der Waals surface area contributed by atoms with Crippen molar-refractivity contribution in [1.29, 1.82) is 0 Å². The Labute approximate surface area is 53.8 Å². The van der Waals surface area contributed by atoms with E-state index in [0.29, 0.717) is 0 Å². The predicted molar refractivity (Wildman–Crippen MR) is 34.7 cm³/mol. The molecular weight excluding hydrogens is 122 g/mol. The Morgan fingerprint density at radius 2 is 1.44 bits per heavy atom. The van der Waals surface area contributed by atoms with Gasteiger partial charge in [-0.15, -0.1) is 0 Å². The molecule has 0 aromatic heterocycles. The molecule has 5 nitrogen and oxygen atoms in total. The second kappa shape index (κ2) is 4.11. The first kappa shape index (κ1) is 11.0. The molecule has 0 aliphatic carbocycles. The second-order valence-electron chi connectivity index (χ2n) is 2.16. The third-order valence-electron chi connectivity index (χ3n) is 0. The van der Waals surface area contributed by atoms with Crippen LogP contribution in [-0.4, -0.2) is 16.9 Å². The van der Waals surface area contributed by atoms with Gasteiger partial charge in [0.15, 0.2) is 0 Å². The SMILES string of the molecule is CC(C)(N)N.NC(=O)O. The molecule has 0 rings (SSSR count). The summed E-state index contributed by atoms with van der Waals surface area (Å²) in [4.78, 5) is 8.78. The van der Waals surface area contributed by atoms with E-state index in [9.17, 15) is 0 Å². The molecule has 0 aliphatic rings. The van der Waals surface area contributed by atoms with Crippen LogP contribution in [0.3, 0.4) is 0 Å². The molecule has 56 valence electrons. The molecule has 0 aromatic carbocycles. The van der Waals surface area contributed by atoms with Crippen molar-refractivity contribution >= 4 is 6.09 Å². The Morgan fingerprint density at radius 1 is 1.44 bits per heavy atom. The standard InChI is InChI=1S/C3H10N2.CH3NO2/c1-3(2,4)5;2-1(3)4/h4-5H2,1-2H3;2H2,(H,3,4). The van der Waals surface area contributed by atoms with Crippen LogP contribution in [0.5, 0.6) is 0 Å². The third-order valence-corrected chi connectivity index (χ3v) is 0. The number of primary amides is 1. The van der Waals surface area contributed by atoms with Crippen LogP contribution in [0.4, 0.5) is 4.79 Å². The Hall–Kier alpha value is -0.810. The van der Waals surface area contributed by atoms with Gasteiger partial charge >= 0.3 is 6.09 Å². The summed E-state index contributed by atoms with van der Waals surface area (Å²) < 4.78 is 0. The zero-order chi connectivity index (χ0) is 8.08. The maximum absolute atomic E-state index is 8.78. The Kier molecular flexibility index (Phi) is 5.04. The van der Waals surface area contributed by atoms with Crippen molar-refractivity contribution in [1.82, 2.24) is 0 Å². The highest BCUT2D eigenvalue weighted by Crippen LogP contribution is 1.76. The zero-order valence-electron chi connectivity index (χ0n) is 5.59. The van der Waals surface area contributed by atoms with Gasteiger partial charge in [-0.25, -0.2) is 4.79 Å². The summed E-state index contributed by atoms with van der Waals surface area (Å²) in [5.41, 5.74) is 13.8. The van der Waals surface area contributed by atoms with Crippen LogP contribution in [0.25, 0.3) is 0 Å². The first-order valence-corrected chi connectivity index (χ1v) is 2.29. The van der Waals surface area contributed by atoms with Crippen molar-refractivity contribution < 1.29 is 9.90 Å². The van der Waals surface area contributed by atoms with E-state index in [1.807, 2.05) is 0 Å². The first-order valence-electron chi connectivity index (χ1n) is 2.29. The van der Waals surface area contributed by atoms with E-state index < -0.39 is 11.8 Å². The molecule has 0 saturated heterocycles. The fourth-order valence-electron chi connectivity index (χ4n) is 0. The number of nitrogens with two attached hydrogens (primary N) is 3. The van der Waals surface area contributed by atoms with Gasteiger partial charge in [-0.05, 0) is 13.8 Å². The van der Waals surface area contributed by atoms with Crippen molar-refractivity contribution in [3.8, 4) is 0 Å². The lowest BCUT2D eigenvalue weighted by Crippen LogP contribution is -2.42. The molecule has 0 aliphatic heterocycles. The Morgan fingerprint density at radius 3 is 1.44 bits per heavy atom. The van der Waals surface area contributed by atoms with E-state index >= 15 is 0 Å². The molecule has 0 unspecified atom stereocenters. The molecule has 1 amide bonds. The highest BCUT2D eigenvalue weighted by atomic mass is 16.4. The summed E-state index contributed by atoms with van der Waals surface area (Å²) >= 11 is 0. The number of carboxylic acid groups (broad SMARTS) is 1. The van der Waals surface area contributed by atoms with Gasteiger partial charge in [-0.3, -0.25) is 0 Å². The van der Waals surface area contributed by atoms with Crippen molar-refractivity contribution in [3.63, 3.8) is 0 Å². The summed E-state index contributed by atoms with van der Waals surface area (Å²) in [6.07, 6.45) is -1.33. The number of carbonyl (C=O) groups is 1. The summed E-state index contributed by atoms with van der Waals surface area (Å²) in [5, 5.41) is 7.19. The van der Waals surface area contributed by atoms with Gasteiger partial charge in [0, 0.05) is 0 Å². The van der Waals surface area contributed by atoms with Gasteiger partial charge in [0.2, 0.25) is 0 Å². The van der Waals surface area contributed by atoms with Crippen molar-refractivity contribution in [2.24, 2.45) is 17.2 Å². The molecule has 0 aromatic rings. The topological polar surface area (TPSA) is 115 Å². The maximum atomic E-state index is 8.78. The molecule has 0 heterocycles. The quantitative estimate of drug-likeness (QED) is 0.327. The maximum Gasteiger partial charge on any atom is 0.402 e. The lowest BCUT2D eigenvalue weighted by atomic mass is 10.3. The average molecular weight is 135 g/mol. The summed E-state index contributed by atoms with van der Waals surface area (Å²) in [7, 11) is 0. The minimum absolute atomic E-state index is 0.500. The number of rotatable bonds is 0. The molecule has 0 radical (unpaired) electrons. The minimum atomic E-state index is -1.33. The molecular formula is C4H13N3O2. The van der Waals surface area contributed by atoms with Crippen molar-refractivity contribution in [3.05, 3.63) is 0 Å². The molecule has 7 N–H and O–H groups in total. The predicted octanol–water partition coefficient (Wildman–Crippen LogP) is -0.737. The third kappa shape index (κ3) is 295. The molecule has 0 atom stereocenters. The lowest BCUT2D eigenvalue weighted by Gasteiger charge is -2.07. The smallest absolute Gasteiger partial charge is 0.402 e. The van der Waals surface area contributed by atoms with E-state index in [1.165, 1.54) is 0 Å². The highest BCUT2D eigenvalue weighted by Gasteiger charge is 1.95. The van der Waals surface area contributed by atoms with Gasteiger partial charge in [0.1, 0.15) is 0 Å². The van der Waals surface area contributed by atoms with Crippen LogP contribution in [0, 0.1) is 0 Å². The summed E-state index contributed by atoms with van der Waals surface area (Å²) in [6, 6.07) is 0. The Bertz CT molecular complexity index is 76.3. The van der Waals surface area contributed by atoms with Crippen LogP contribution in [0.1, 0.15) is 13.8 Å². The van der Waals surface area contributed by atoms with Crippen LogP contribution in [-0.2, 0) is 0 Å². The van der Waals surface area contributed by atoms with Crippen LogP contribution >= 0.6 is 0 Å². The van der Waals surface area contributed by atoms with Gasteiger partial charge in [-0.1, -0.05) is 0 Å². The van der Waals surface area contributed by atoms with Gasteiger partial charge in [-0.2, -0.15) is 0 Å². The normalized spacial score (nSPS) is 9.33. The average Bonchev–Trinajstić information content (AvgIpc) is 1.19. The Balaban J connectivity index is 0. The van der Waals surface area contributed by atoms with Crippen LogP contribution in [0.15, 0.2) is 0 Å². The van der Waals surface area contributed by atoms with E-state index in [-0.39, 0.29) is 0 Å². The van der Waals surface area contributed by atoms with Gasteiger partial charge < -0.3 is 22.3 Å². The molecule has 0 bridgehead atoms. The number of hydrogen-bond acceptors (Lipinski definition) is 3. The minimum Gasteiger partial charge on any atom is -0.465 e. The molecule has 0 spiro atoms. The lowest BCUT2D eigenvalue weighted by molar-refractivity contribution is 0.205. The largest absolute Gasteiger partial charge is 0.465 e. The molecule has 9 heavy (non-hydrogen) atoms. The van der Waals surface area contributed by atoms with E-state index in [1.54, 1.807) is 13.8 Å². The zero-order valence-corrected chi connectivity index (χ0v) is 5.59.